The molecule has 1 aromatic carbocycles. The van der Waals surface area contributed by atoms with Crippen LogP contribution in [0.15, 0.2) is 41.5 Å². The number of amides is 2. The van der Waals surface area contributed by atoms with Gasteiger partial charge >= 0.3 is 0 Å². The van der Waals surface area contributed by atoms with Crippen LogP contribution in [0.5, 0.6) is 0 Å². The Labute approximate surface area is 198 Å². The minimum absolute atomic E-state index is 0.0118. The summed E-state index contributed by atoms with van der Waals surface area (Å²) < 4.78 is 1.92. The second-order valence-electron chi connectivity index (χ2n) is 9.49. The van der Waals surface area contributed by atoms with Gasteiger partial charge in [-0.15, -0.1) is 0 Å². The fourth-order valence-corrected chi connectivity index (χ4v) is 5.11. The van der Waals surface area contributed by atoms with Crippen LogP contribution >= 0.6 is 0 Å². The maximum absolute atomic E-state index is 13.4. The van der Waals surface area contributed by atoms with E-state index in [2.05, 4.69) is 15.3 Å². The van der Waals surface area contributed by atoms with E-state index in [-0.39, 0.29) is 23.1 Å². The third-order valence-electron chi connectivity index (χ3n) is 7.08. The molecule has 8 nitrogen and oxygen atoms in total. The van der Waals surface area contributed by atoms with Crippen molar-refractivity contribution in [2.24, 2.45) is 0 Å². The van der Waals surface area contributed by atoms with Crippen molar-refractivity contribution in [3.63, 3.8) is 0 Å². The van der Waals surface area contributed by atoms with Crippen molar-refractivity contribution in [2.45, 2.75) is 64.0 Å². The van der Waals surface area contributed by atoms with Crippen molar-refractivity contribution in [1.29, 1.82) is 0 Å². The van der Waals surface area contributed by atoms with Crippen LogP contribution < -0.4 is 10.7 Å². The average molecular weight is 462 g/mol. The Kier molecular flexibility index (Phi) is 6.22. The Bertz CT molecular complexity index is 1230. The Hall–Kier alpha value is -3.42. The minimum atomic E-state index is -0.501. The third-order valence-corrected chi connectivity index (χ3v) is 7.08. The molecule has 5 rings (SSSR count). The van der Waals surface area contributed by atoms with Crippen LogP contribution in [0.1, 0.15) is 90.5 Å². The quantitative estimate of drug-likeness (QED) is 0.601. The number of nitrogens with zero attached hydrogens (tertiary/aromatic N) is 3. The lowest BCUT2D eigenvalue weighted by atomic mass is 10.1. The predicted octanol–water partition coefficient (Wildman–Crippen LogP) is 3.96. The number of hydrogen-bond acceptors (Lipinski definition) is 4. The molecule has 1 aliphatic carbocycles. The molecule has 1 saturated heterocycles. The summed E-state index contributed by atoms with van der Waals surface area (Å²) >= 11 is 0. The zero-order valence-corrected chi connectivity index (χ0v) is 19.5. The molecule has 0 radical (unpaired) electrons. The number of carbonyl (C=O) groups excluding carboxylic acids is 2. The van der Waals surface area contributed by atoms with E-state index in [0.29, 0.717) is 18.9 Å². The van der Waals surface area contributed by atoms with E-state index in [0.717, 1.165) is 56.0 Å². The van der Waals surface area contributed by atoms with E-state index in [1.54, 1.807) is 17.3 Å². The normalized spacial score (nSPS) is 17.7. The first-order valence-electron chi connectivity index (χ1n) is 12.3. The Morgan fingerprint density at radius 2 is 1.74 bits per heavy atom. The van der Waals surface area contributed by atoms with Gasteiger partial charge in [0.2, 0.25) is 5.43 Å². The molecule has 1 saturated carbocycles. The summed E-state index contributed by atoms with van der Waals surface area (Å²) in [5.74, 6) is -0.138. The number of aromatic nitrogens is 3. The second-order valence-corrected chi connectivity index (χ2v) is 9.49. The lowest BCUT2D eigenvalue weighted by molar-refractivity contribution is 0.0722. The number of benzene rings is 1. The maximum Gasteiger partial charge on any atom is 0.259 e. The molecule has 1 atom stereocenters. The SMILES string of the molecule is CC(NC(=O)c1cn(C2CCCC2)cc(C(=O)N2CCCCC2)c1=O)c1nc2ccccc2[nH]1. The van der Waals surface area contributed by atoms with Crippen molar-refractivity contribution in [1.82, 2.24) is 24.8 Å². The van der Waals surface area contributed by atoms with Gasteiger partial charge in [0.1, 0.15) is 17.0 Å². The van der Waals surface area contributed by atoms with E-state index in [4.69, 9.17) is 0 Å². The number of fused-ring (bicyclic) bond motifs is 1. The van der Waals surface area contributed by atoms with E-state index in [9.17, 15) is 14.4 Å². The van der Waals surface area contributed by atoms with Gasteiger partial charge in [0, 0.05) is 31.5 Å². The van der Waals surface area contributed by atoms with E-state index >= 15 is 0 Å². The summed E-state index contributed by atoms with van der Waals surface area (Å²) in [6.07, 6.45) is 10.5. The number of para-hydroxylation sites is 2. The highest BCUT2D eigenvalue weighted by molar-refractivity contribution is 5.99. The highest BCUT2D eigenvalue weighted by Gasteiger charge is 2.27. The first-order chi connectivity index (χ1) is 16.5. The van der Waals surface area contributed by atoms with Crippen molar-refractivity contribution in [3.05, 3.63) is 63.8 Å². The van der Waals surface area contributed by atoms with E-state index in [1.165, 1.54) is 0 Å². The van der Waals surface area contributed by atoms with Gasteiger partial charge in [0.05, 0.1) is 17.1 Å². The number of nitrogens with one attached hydrogen (secondary N) is 2. The summed E-state index contributed by atoms with van der Waals surface area (Å²) in [7, 11) is 0. The number of pyridine rings is 1. The maximum atomic E-state index is 13.4. The minimum Gasteiger partial charge on any atom is -0.349 e. The number of likely N-dealkylation sites (tertiary alicyclic amines) is 1. The smallest absolute Gasteiger partial charge is 0.259 e. The van der Waals surface area contributed by atoms with Gasteiger partial charge in [0.25, 0.3) is 11.8 Å². The predicted molar refractivity (Wildman–Crippen MR) is 130 cm³/mol. The molecule has 2 fully saturated rings. The number of aromatic amines is 1. The molecule has 1 aliphatic heterocycles. The Morgan fingerprint density at radius 1 is 1.03 bits per heavy atom. The van der Waals surface area contributed by atoms with Gasteiger partial charge in [0.15, 0.2) is 0 Å². The molecule has 2 amide bonds. The van der Waals surface area contributed by atoms with Crippen LogP contribution in [-0.2, 0) is 0 Å². The molecule has 1 unspecified atom stereocenters. The molecule has 0 spiro atoms. The standard InChI is InChI=1S/C26H31N5O3/c1-17(24-28-21-11-5-6-12-22(21)29-24)27-25(33)19-15-31(18-9-3-4-10-18)16-20(23(19)32)26(34)30-13-7-2-8-14-30/h5-6,11-12,15-18H,2-4,7-10,13-14H2,1H3,(H,27,33)(H,28,29). The van der Waals surface area contributed by atoms with E-state index < -0.39 is 17.4 Å². The fourth-order valence-electron chi connectivity index (χ4n) is 5.11. The lowest BCUT2D eigenvalue weighted by Crippen LogP contribution is -2.40. The van der Waals surface area contributed by atoms with Crippen molar-refractivity contribution in [3.8, 4) is 0 Å². The van der Waals surface area contributed by atoms with Crippen LogP contribution in [0.3, 0.4) is 0 Å². The second kappa shape index (κ2) is 9.44. The fraction of sp³-hybridized carbons (Fsp3) is 0.462. The number of piperidine rings is 1. The molecule has 3 aromatic rings. The van der Waals surface area contributed by atoms with Crippen molar-refractivity contribution in [2.75, 3.05) is 13.1 Å². The molecule has 2 aliphatic rings. The zero-order valence-electron chi connectivity index (χ0n) is 19.5. The highest BCUT2D eigenvalue weighted by Crippen LogP contribution is 2.29. The lowest BCUT2D eigenvalue weighted by Gasteiger charge is -2.27. The molecular formula is C26H31N5O3. The van der Waals surface area contributed by atoms with Gasteiger partial charge in [-0.2, -0.15) is 0 Å². The van der Waals surface area contributed by atoms with Crippen LogP contribution in [0.4, 0.5) is 0 Å². The molecule has 8 heteroatoms. The van der Waals surface area contributed by atoms with Crippen LogP contribution in [0, 0.1) is 0 Å². The zero-order chi connectivity index (χ0) is 23.7. The number of hydrogen-bond donors (Lipinski definition) is 2. The largest absolute Gasteiger partial charge is 0.349 e. The van der Waals surface area contributed by atoms with Crippen LogP contribution in [0.2, 0.25) is 0 Å². The Balaban J connectivity index is 1.46. The van der Waals surface area contributed by atoms with Crippen LogP contribution in [0.25, 0.3) is 11.0 Å². The summed E-state index contributed by atoms with van der Waals surface area (Å²) in [5, 5.41) is 2.91. The molecule has 3 heterocycles. The molecule has 2 N–H and O–H groups in total. The first kappa shape index (κ1) is 22.4. The summed E-state index contributed by atoms with van der Waals surface area (Å²) in [6.45, 7) is 3.14. The molecule has 178 valence electrons. The topological polar surface area (TPSA) is 100 Å². The summed E-state index contributed by atoms with van der Waals surface area (Å²) in [4.78, 5) is 49.5. The molecule has 34 heavy (non-hydrogen) atoms. The summed E-state index contributed by atoms with van der Waals surface area (Å²) in [6, 6.07) is 7.43. The van der Waals surface area contributed by atoms with Gasteiger partial charge < -0.3 is 19.8 Å². The van der Waals surface area contributed by atoms with Gasteiger partial charge in [-0.05, 0) is 51.2 Å². The van der Waals surface area contributed by atoms with Gasteiger partial charge in [-0.25, -0.2) is 4.98 Å². The number of H-pyrrole nitrogens is 1. The highest BCUT2D eigenvalue weighted by atomic mass is 16.2. The first-order valence-corrected chi connectivity index (χ1v) is 12.3. The van der Waals surface area contributed by atoms with Crippen LogP contribution in [-0.4, -0.2) is 44.3 Å². The number of imidazole rings is 1. The number of carbonyl (C=O) groups is 2. The molecule has 0 bridgehead atoms. The summed E-state index contributed by atoms with van der Waals surface area (Å²) in [5.41, 5.74) is 1.31. The monoisotopic (exact) mass is 461 g/mol. The Morgan fingerprint density at radius 3 is 2.47 bits per heavy atom. The number of rotatable bonds is 5. The molecule has 2 aromatic heterocycles. The van der Waals surface area contributed by atoms with Gasteiger partial charge in [-0.3, -0.25) is 14.4 Å². The van der Waals surface area contributed by atoms with Crippen molar-refractivity contribution >= 4 is 22.8 Å². The average Bonchev–Trinajstić information content (AvgIpc) is 3.54. The van der Waals surface area contributed by atoms with Crippen molar-refractivity contribution < 1.29 is 9.59 Å². The molecular weight excluding hydrogens is 430 g/mol. The van der Waals surface area contributed by atoms with Gasteiger partial charge in [-0.1, -0.05) is 25.0 Å². The van der Waals surface area contributed by atoms with E-state index in [1.807, 2.05) is 35.8 Å². The third kappa shape index (κ3) is 4.36.